The summed E-state index contributed by atoms with van der Waals surface area (Å²) < 4.78 is 0. The van der Waals surface area contributed by atoms with Crippen LogP contribution in [0.1, 0.15) is 40.5 Å². The van der Waals surface area contributed by atoms with E-state index in [0.717, 1.165) is 59.8 Å². The van der Waals surface area contributed by atoms with Gasteiger partial charge in [-0.3, -0.25) is 4.79 Å². The van der Waals surface area contributed by atoms with Gasteiger partial charge in [-0.05, 0) is 54.5 Å². The molecule has 1 heterocycles. The van der Waals surface area contributed by atoms with E-state index < -0.39 is 11.2 Å². The molecule has 1 N–H and O–H groups in total. The van der Waals surface area contributed by atoms with Crippen LogP contribution in [0.2, 0.25) is 5.02 Å². The number of carboxylic acid groups (broad SMARTS) is 1. The van der Waals surface area contributed by atoms with E-state index in [9.17, 15) is 15.2 Å². The van der Waals surface area contributed by atoms with Gasteiger partial charge < -0.3 is 5.11 Å². The van der Waals surface area contributed by atoms with Gasteiger partial charge in [0, 0.05) is 16.3 Å². The quantitative estimate of drug-likeness (QED) is 0.493. The summed E-state index contributed by atoms with van der Waals surface area (Å²) in [7, 11) is 0. The largest absolute Gasteiger partial charge is 0.480 e. The number of fused-ring (bicyclic) bond motifs is 1. The van der Waals surface area contributed by atoms with Crippen LogP contribution in [0.4, 0.5) is 0 Å². The number of pyridine rings is 1. The van der Waals surface area contributed by atoms with Gasteiger partial charge in [-0.25, -0.2) is 4.98 Å². The number of hydrogen-bond donors (Lipinski definition) is 1. The van der Waals surface area contributed by atoms with E-state index in [1.165, 1.54) is 0 Å². The Morgan fingerprint density at radius 1 is 1.10 bits per heavy atom. The van der Waals surface area contributed by atoms with Crippen molar-refractivity contribution >= 4 is 29.3 Å². The summed E-state index contributed by atoms with van der Waals surface area (Å²) in [6.07, 6.45) is 3.78. The Morgan fingerprint density at radius 3 is 2.47 bits per heavy atom. The fourth-order valence-corrected chi connectivity index (χ4v) is 5.01. The number of nitrogens with zero attached hydrogens (tertiary/aromatic N) is 2. The first-order valence-corrected chi connectivity index (χ1v) is 11.0. The molecule has 0 amide bonds. The molecule has 1 aliphatic rings. The minimum Gasteiger partial charge on any atom is -0.480 e. The zero-order chi connectivity index (χ0) is 21.1. The van der Waals surface area contributed by atoms with Gasteiger partial charge in [-0.1, -0.05) is 65.8 Å². The average molecular weight is 435 g/mol. The van der Waals surface area contributed by atoms with Crippen LogP contribution in [-0.4, -0.2) is 16.1 Å². The van der Waals surface area contributed by atoms with Crippen LogP contribution < -0.4 is 0 Å². The molecule has 1 aliphatic carbocycles. The first-order valence-electron chi connectivity index (χ1n) is 9.74. The van der Waals surface area contributed by atoms with Crippen LogP contribution in [0.15, 0.2) is 59.6 Å². The molecule has 6 heteroatoms. The standard InChI is InChI=1S/C24H19ClN2O2S/c25-17-12-10-15(11-13-17)21-18-8-4-5-9-20(18)27-23(19(21)14-26)30-22(24(28)29)16-6-2-1-3-7-16/h1-3,6-7,10-13,22H,4-5,8-9H2,(H,28,29). The van der Waals surface area contributed by atoms with Crippen molar-refractivity contribution in [3.8, 4) is 17.2 Å². The summed E-state index contributed by atoms with van der Waals surface area (Å²) in [5, 5.41) is 20.2. The van der Waals surface area contributed by atoms with Crippen LogP contribution in [0.5, 0.6) is 0 Å². The van der Waals surface area contributed by atoms with E-state index >= 15 is 0 Å². The number of benzene rings is 2. The Morgan fingerprint density at radius 2 is 1.80 bits per heavy atom. The topological polar surface area (TPSA) is 74.0 Å². The van der Waals surface area contributed by atoms with Crippen molar-refractivity contribution in [3.05, 3.63) is 82.0 Å². The Hall–Kier alpha value is -2.81. The summed E-state index contributed by atoms with van der Waals surface area (Å²) in [6, 6.07) is 18.8. The third-order valence-corrected chi connectivity index (χ3v) is 6.72. The molecule has 3 aromatic rings. The highest BCUT2D eigenvalue weighted by Gasteiger charge is 2.28. The number of aryl methyl sites for hydroxylation is 1. The molecule has 0 bridgehead atoms. The van der Waals surface area contributed by atoms with Crippen molar-refractivity contribution in [2.24, 2.45) is 0 Å². The summed E-state index contributed by atoms with van der Waals surface area (Å²) >= 11 is 7.20. The second-order valence-electron chi connectivity index (χ2n) is 7.16. The number of thioether (sulfide) groups is 1. The SMILES string of the molecule is N#Cc1c(SC(C(=O)O)c2ccccc2)nc2c(c1-c1ccc(Cl)cc1)CCCC2. The maximum atomic E-state index is 12.0. The first-order chi connectivity index (χ1) is 14.6. The van der Waals surface area contributed by atoms with E-state index in [-0.39, 0.29) is 0 Å². The van der Waals surface area contributed by atoms with Crippen molar-refractivity contribution in [2.75, 3.05) is 0 Å². The molecule has 0 fully saturated rings. The predicted octanol–water partition coefficient (Wildman–Crippen LogP) is 6.07. The zero-order valence-electron chi connectivity index (χ0n) is 16.1. The lowest BCUT2D eigenvalue weighted by molar-refractivity contribution is -0.136. The number of rotatable bonds is 5. The van der Waals surface area contributed by atoms with Crippen molar-refractivity contribution in [1.82, 2.24) is 4.98 Å². The monoisotopic (exact) mass is 434 g/mol. The van der Waals surface area contributed by atoms with Crippen molar-refractivity contribution in [2.45, 2.75) is 36.0 Å². The van der Waals surface area contributed by atoms with Gasteiger partial charge in [0.1, 0.15) is 16.3 Å². The zero-order valence-corrected chi connectivity index (χ0v) is 17.7. The molecule has 0 saturated heterocycles. The smallest absolute Gasteiger partial charge is 0.321 e. The third kappa shape index (κ3) is 4.07. The molecule has 0 radical (unpaired) electrons. The number of aliphatic carboxylic acids is 1. The van der Waals surface area contributed by atoms with Gasteiger partial charge in [-0.15, -0.1) is 0 Å². The molecule has 1 aromatic heterocycles. The maximum Gasteiger partial charge on any atom is 0.321 e. The highest BCUT2D eigenvalue weighted by Crippen LogP contribution is 2.42. The molecule has 0 saturated carbocycles. The highest BCUT2D eigenvalue weighted by molar-refractivity contribution is 8.00. The number of hydrogen-bond acceptors (Lipinski definition) is 4. The molecule has 150 valence electrons. The Balaban J connectivity index is 1.88. The van der Waals surface area contributed by atoms with Gasteiger partial charge in [0.05, 0.1) is 5.56 Å². The molecule has 4 rings (SSSR count). The van der Waals surface area contributed by atoms with Crippen molar-refractivity contribution in [3.63, 3.8) is 0 Å². The fraction of sp³-hybridized carbons (Fsp3) is 0.208. The van der Waals surface area contributed by atoms with Crippen molar-refractivity contribution < 1.29 is 9.90 Å². The first kappa shape index (κ1) is 20.5. The summed E-state index contributed by atoms with van der Waals surface area (Å²) in [6.45, 7) is 0. The lowest BCUT2D eigenvalue weighted by atomic mass is 9.87. The Labute approximate surface area is 184 Å². The van der Waals surface area contributed by atoms with Gasteiger partial charge in [0.15, 0.2) is 0 Å². The lowest BCUT2D eigenvalue weighted by Crippen LogP contribution is -2.13. The minimum absolute atomic E-state index is 0.435. The molecule has 1 atom stereocenters. The van der Waals surface area contributed by atoms with Gasteiger partial charge in [0.25, 0.3) is 0 Å². The molecule has 2 aromatic carbocycles. The lowest BCUT2D eigenvalue weighted by Gasteiger charge is -2.23. The summed E-state index contributed by atoms with van der Waals surface area (Å²) in [5.74, 6) is -0.956. The second-order valence-corrected chi connectivity index (χ2v) is 8.70. The van der Waals surface area contributed by atoms with Crippen molar-refractivity contribution in [1.29, 1.82) is 5.26 Å². The van der Waals surface area contributed by atoms with E-state index in [4.69, 9.17) is 16.6 Å². The fourth-order valence-electron chi connectivity index (χ4n) is 3.84. The predicted molar refractivity (Wildman–Crippen MR) is 119 cm³/mol. The number of carbonyl (C=O) groups is 1. The van der Waals surface area contributed by atoms with Crippen LogP contribution in [0, 0.1) is 11.3 Å². The Bertz CT molecular complexity index is 1120. The van der Waals surface area contributed by atoms with Gasteiger partial charge in [0.2, 0.25) is 0 Å². The third-order valence-electron chi connectivity index (χ3n) is 5.24. The molecule has 4 nitrogen and oxygen atoms in total. The van der Waals surface area contributed by atoms with Crippen LogP contribution >= 0.6 is 23.4 Å². The van der Waals surface area contributed by atoms with E-state index in [1.54, 1.807) is 12.1 Å². The van der Waals surface area contributed by atoms with Gasteiger partial charge in [-0.2, -0.15) is 5.26 Å². The van der Waals surface area contributed by atoms with Crippen LogP contribution in [-0.2, 0) is 17.6 Å². The maximum absolute atomic E-state index is 12.0. The highest BCUT2D eigenvalue weighted by atomic mass is 35.5. The van der Waals surface area contributed by atoms with Gasteiger partial charge >= 0.3 is 5.97 Å². The Kier molecular flexibility index (Phi) is 6.08. The normalized spacial score (nSPS) is 13.9. The van der Waals surface area contributed by atoms with Crippen LogP contribution in [0.3, 0.4) is 0 Å². The van der Waals surface area contributed by atoms with E-state index in [0.29, 0.717) is 21.2 Å². The van der Waals surface area contributed by atoms with Crippen LogP contribution in [0.25, 0.3) is 11.1 Å². The number of carboxylic acids is 1. The summed E-state index contributed by atoms with van der Waals surface area (Å²) in [4.78, 5) is 16.8. The minimum atomic E-state index is -0.956. The average Bonchev–Trinajstić information content (AvgIpc) is 2.77. The molecular formula is C24H19ClN2O2S. The number of aromatic nitrogens is 1. The van der Waals surface area contributed by atoms with E-state index in [1.807, 2.05) is 42.5 Å². The second kappa shape index (κ2) is 8.91. The summed E-state index contributed by atoms with van der Waals surface area (Å²) in [5.41, 5.74) is 4.93. The molecule has 1 unspecified atom stereocenters. The molecule has 0 spiro atoms. The number of nitriles is 1. The van der Waals surface area contributed by atoms with E-state index in [2.05, 4.69) is 6.07 Å². The molecule has 0 aliphatic heterocycles. The molecule has 30 heavy (non-hydrogen) atoms. The molecular weight excluding hydrogens is 416 g/mol. The number of halogens is 1.